The molecule has 0 heterocycles. The molecule has 0 radical (unpaired) electrons. The quantitative estimate of drug-likeness (QED) is 0.781. The number of ketones is 2. The summed E-state index contributed by atoms with van der Waals surface area (Å²) in [6.45, 7) is 2.91. The summed E-state index contributed by atoms with van der Waals surface area (Å²) in [6.07, 6.45) is 0. The normalized spacial score (nSPS) is 29.4. The van der Waals surface area contributed by atoms with E-state index in [9.17, 15) is 19.8 Å². The van der Waals surface area contributed by atoms with Gasteiger partial charge in [0.2, 0.25) is 11.6 Å². The van der Waals surface area contributed by atoms with Crippen molar-refractivity contribution < 1.29 is 29.3 Å². The molecule has 2 N–H and O–H groups in total. The number of ether oxygens (including phenoxy) is 2. The highest BCUT2D eigenvalue weighted by molar-refractivity contribution is 6.20. The van der Waals surface area contributed by atoms with Gasteiger partial charge >= 0.3 is 0 Å². The molecule has 0 bridgehead atoms. The lowest BCUT2D eigenvalue weighted by Crippen LogP contribution is -2.69. The van der Waals surface area contributed by atoms with Crippen molar-refractivity contribution >= 4 is 11.6 Å². The van der Waals surface area contributed by atoms with Crippen molar-refractivity contribution in [2.24, 2.45) is 0 Å². The standard InChI is InChI=1S/C14H16O6/c1-3-19-13(17)11(15)9-7-5-6-8-10(9)12(16)14(13,18)20-4-2/h5-8,17-18H,3-4H2,1-2H3/t13-,14+. The van der Waals surface area contributed by atoms with Gasteiger partial charge in [-0.2, -0.15) is 0 Å². The number of benzene rings is 1. The fourth-order valence-electron chi connectivity index (χ4n) is 2.30. The minimum absolute atomic E-state index is 0.00201. The van der Waals surface area contributed by atoms with Crippen molar-refractivity contribution in [1.29, 1.82) is 0 Å². The van der Waals surface area contributed by atoms with Crippen LogP contribution in [0.2, 0.25) is 0 Å². The van der Waals surface area contributed by atoms with Gasteiger partial charge in [-0.25, -0.2) is 0 Å². The van der Waals surface area contributed by atoms with Gasteiger partial charge in [0.25, 0.3) is 11.6 Å². The van der Waals surface area contributed by atoms with Gasteiger partial charge in [-0.05, 0) is 13.8 Å². The van der Waals surface area contributed by atoms with Crippen LogP contribution >= 0.6 is 0 Å². The van der Waals surface area contributed by atoms with Crippen molar-refractivity contribution in [3.05, 3.63) is 35.4 Å². The van der Waals surface area contributed by atoms with Gasteiger partial charge in [0, 0.05) is 24.3 Å². The summed E-state index contributed by atoms with van der Waals surface area (Å²) >= 11 is 0. The molecular weight excluding hydrogens is 264 g/mol. The zero-order valence-corrected chi connectivity index (χ0v) is 11.3. The highest BCUT2D eigenvalue weighted by Crippen LogP contribution is 2.38. The van der Waals surface area contributed by atoms with Gasteiger partial charge in [-0.15, -0.1) is 0 Å². The maximum atomic E-state index is 12.4. The molecule has 1 aliphatic rings. The SMILES string of the molecule is CCO[C@@]1(O)C(=O)c2ccccc2C(=O)[C@@]1(O)OCC. The minimum Gasteiger partial charge on any atom is -0.355 e. The Kier molecular flexibility index (Phi) is 3.75. The summed E-state index contributed by atoms with van der Waals surface area (Å²) in [5.41, 5.74) is -0.00402. The Hall–Kier alpha value is -1.60. The third kappa shape index (κ3) is 1.81. The molecule has 6 heteroatoms. The zero-order chi connectivity index (χ0) is 15.0. The van der Waals surface area contributed by atoms with E-state index in [1.807, 2.05) is 0 Å². The van der Waals surface area contributed by atoms with Crippen LogP contribution in [-0.2, 0) is 9.47 Å². The number of carbonyl (C=O) groups excluding carboxylic acids is 2. The second-order valence-electron chi connectivity index (χ2n) is 4.36. The van der Waals surface area contributed by atoms with E-state index in [1.165, 1.54) is 26.0 Å². The van der Waals surface area contributed by atoms with Gasteiger partial charge < -0.3 is 19.7 Å². The van der Waals surface area contributed by atoms with Gasteiger partial charge in [-0.3, -0.25) is 9.59 Å². The molecule has 1 aromatic rings. The van der Waals surface area contributed by atoms with Crippen LogP contribution < -0.4 is 0 Å². The lowest BCUT2D eigenvalue weighted by Gasteiger charge is -2.42. The Balaban J connectivity index is 2.68. The predicted octanol–water partition coefficient (Wildman–Crippen LogP) is 0.516. The Morgan fingerprint density at radius 2 is 1.25 bits per heavy atom. The van der Waals surface area contributed by atoms with Crippen LogP contribution in [0.15, 0.2) is 24.3 Å². The second kappa shape index (κ2) is 5.06. The Morgan fingerprint density at radius 1 is 0.900 bits per heavy atom. The molecule has 1 aliphatic carbocycles. The second-order valence-corrected chi connectivity index (χ2v) is 4.36. The van der Waals surface area contributed by atoms with Gasteiger partial charge in [0.15, 0.2) is 0 Å². The molecule has 0 saturated carbocycles. The molecule has 2 atom stereocenters. The number of hydrogen-bond donors (Lipinski definition) is 2. The summed E-state index contributed by atoms with van der Waals surface area (Å²) in [5, 5.41) is 20.9. The summed E-state index contributed by atoms with van der Waals surface area (Å²) in [5.74, 6) is -7.29. The molecule has 0 fully saturated rings. The largest absolute Gasteiger partial charge is 0.355 e. The number of fused-ring (bicyclic) bond motifs is 1. The summed E-state index contributed by atoms with van der Waals surface area (Å²) in [7, 11) is 0. The maximum Gasteiger partial charge on any atom is 0.295 e. The third-order valence-corrected chi connectivity index (χ3v) is 3.20. The lowest BCUT2D eigenvalue weighted by atomic mass is 9.80. The number of aliphatic hydroxyl groups is 2. The van der Waals surface area contributed by atoms with E-state index in [4.69, 9.17) is 9.47 Å². The third-order valence-electron chi connectivity index (χ3n) is 3.20. The molecule has 0 aromatic heterocycles. The van der Waals surface area contributed by atoms with Crippen molar-refractivity contribution in [2.45, 2.75) is 25.4 Å². The van der Waals surface area contributed by atoms with Gasteiger partial charge in [0.05, 0.1) is 0 Å². The van der Waals surface area contributed by atoms with Crippen molar-refractivity contribution in [1.82, 2.24) is 0 Å². The molecule has 1 aromatic carbocycles. The molecular formula is C14H16O6. The van der Waals surface area contributed by atoms with Crippen LogP contribution in [0.25, 0.3) is 0 Å². The minimum atomic E-state index is -2.75. The Bertz CT molecular complexity index is 505. The van der Waals surface area contributed by atoms with Crippen LogP contribution in [0.4, 0.5) is 0 Å². The molecule has 6 nitrogen and oxygen atoms in total. The molecule has 0 aliphatic heterocycles. The van der Waals surface area contributed by atoms with Crippen molar-refractivity contribution in [3.63, 3.8) is 0 Å². The van der Waals surface area contributed by atoms with Crippen LogP contribution in [-0.4, -0.2) is 46.6 Å². The summed E-state index contributed by atoms with van der Waals surface area (Å²) in [4.78, 5) is 24.8. The first kappa shape index (κ1) is 14.8. The van der Waals surface area contributed by atoms with E-state index >= 15 is 0 Å². The molecule has 108 valence electrons. The van der Waals surface area contributed by atoms with Crippen LogP contribution in [0.5, 0.6) is 0 Å². The zero-order valence-electron chi connectivity index (χ0n) is 11.3. The first-order valence-electron chi connectivity index (χ1n) is 6.33. The smallest absolute Gasteiger partial charge is 0.295 e. The fourth-order valence-corrected chi connectivity index (χ4v) is 2.30. The van der Waals surface area contributed by atoms with Crippen LogP contribution in [0.3, 0.4) is 0 Å². The maximum absolute atomic E-state index is 12.4. The monoisotopic (exact) mass is 280 g/mol. The van der Waals surface area contributed by atoms with Crippen molar-refractivity contribution in [2.75, 3.05) is 13.2 Å². The molecule has 0 unspecified atom stereocenters. The number of carbonyl (C=O) groups is 2. The molecule has 20 heavy (non-hydrogen) atoms. The van der Waals surface area contributed by atoms with E-state index < -0.39 is 23.1 Å². The van der Waals surface area contributed by atoms with Gasteiger partial charge in [-0.1, -0.05) is 24.3 Å². The molecule has 0 saturated heterocycles. The highest BCUT2D eigenvalue weighted by Gasteiger charge is 2.66. The highest BCUT2D eigenvalue weighted by atomic mass is 16.7. The van der Waals surface area contributed by atoms with E-state index in [0.717, 1.165) is 0 Å². The average molecular weight is 280 g/mol. The first-order valence-corrected chi connectivity index (χ1v) is 6.33. The van der Waals surface area contributed by atoms with Crippen molar-refractivity contribution in [3.8, 4) is 0 Å². The fraction of sp³-hybridized carbons (Fsp3) is 0.429. The number of hydrogen-bond acceptors (Lipinski definition) is 6. The first-order chi connectivity index (χ1) is 9.42. The Morgan fingerprint density at radius 3 is 1.55 bits per heavy atom. The lowest BCUT2D eigenvalue weighted by molar-refractivity contribution is -0.330. The summed E-state index contributed by atoms with van der Waals surface area (Å²) in [6, 6.07) is 5.90. The topological polar surface area (TPSA) is 93.1 Å². The van der Waals surface area contributed by atoms with E-state index in [2.05, 4.69) is 0 Å². The molecule has 0 amide bonds. The molecule has 2 rings (SSSR count). The molecule has 0 spiro atoms. The van der Waals surface area contributed by atoms with E-state index in [0.29, 0.717) is 0 Å². The number of Topliss-reactive ketones (excluding diaryl/α,β-unsaturated/α-hetero) is 2. The predicted molar refractivity (Wildman–Crippen MR) is 68.3 cm³/mol. The van der Waals surface area contributed by atoms with E-state index in [1.54, 1.807) is 12.1 Å². The van der Waals surface area contributed by atoms with E-state index in [-0.39, 0.29) is 24.3 Å². The average Bonchev–Trinajstić information content (AvgIpc) is 2.44. The van der Waals surface area contributed by atoms with Crippen LogP contribution in [0, 0.1) is 0 Å². The van der Waals surface area contributed by atoms with Crippen LogP contribution in [0.1, 0.15) is 34.6 Å². The summed E-state index contributed by atoms with van der Waals surface area (Å²) < 4.78 is 9.98. The van der Waals surface area contributed by atoms with Gasteiger partial charge in [0.1, 0.15) is 0 Å². The Labute approximate surface area is 115 Å². The number of rotatable bonds is 4.